The van der Waals surface area contributed by atoms with Crippen molar-refractivity contribution in [2.45, 2.75) is 33.4 Å². The molecule has 0 saturated carbocycles. The predicted molar refractivity (Wildman–Crippen MR) is 70.6 cm³/mol. The average molecular weight is 293 g/mol. The number of carbonyl (C=O) groups is 2. The molecule has 1 atom stereocenters. The fraction of sp³-hybridized carbons (Fsp3) is 0.692. The molecule has 1 unspecified atom stereocenters. The van der Waals surface area contributed by atoms with Gasteiger partial charge in [-0.25, -0.2) is 4.79 Å². The number of hydrogen-bond acceptors (Lipinski definition) is 3. The molecule has 112 valence electrons. The lowest BCUT2D eigenvalue weighted by molar-refractivity contribution is -0.910. The van der Waals surface area contributed by atoms with Gasteiger partial charge in [-0.3, -0.25) is 9.28 Å². The van der Waals surface area contributed by atoms with Gasteiger partial charge in [-0.05, 0) is 13.8 Å². The lowest BCUT2D eigenvalue weighted by Gasteiger charge is -2.36. The highest BCUT2D eigenvalue weighted by atomic mass is 35.5. The van der Waals surface area contributed by atoms with E-state index in [9.17, 15) is 9.59 Å². The molecular formula is C13H25ClN2O3. The van der Waals surface area contributed by atoms with Gasteiger partial charge in [0.2, 0.25) is 0 Å². The molecule has 0 aromatic carbocycles. The standard InChI is InChI=1S/C13H24N2O3.ClH/c1-7-11(14-13(17)10(3)4)15(5,6)9-12(16)18-8-2;/h11H,3,7-9H2,1-2,4-6H3;1H. The van der Waals surface area contributed by atoms with E-state index in [2.05, 4.69) is 11.9 Å². The number of nitrogens with one attached hydrogen (secondary N) is 1. The first-order chi connectivity index (χ1) is 8.24. The highest BCUT2D eigenvalue weighted by Gasteiger charge is 2.31. The van der Waals surface area contributed by atoms with Crippen molar-refractivity contribution in [3.05, 3.63) is 12.2 Å². The van der Waals surface area contributed by atoms with Crippen LogP contribution in [0.25, 0.3) is 0 Å². The fourth-order valence-electron chi connectivity index (χ4n) is 1.70. The summed E-state index contributed by atoms with van der Waals surface area (Å²) in [6.07, 6.45) is 0.587. The third-order valence-corrected chi connectivity index (χ3v) is 2.76. The van der Waals surface area contributed by atoms with E-state index in [1.165, 1.54) is 0 Å². The zero-order valence-electron chi connectivity index (χ0n) is 12.5. The smallest absolute Gasteiger partial charge is 0.361 e. The zero-order chi connectivity index (χ0) is 14.3. The highest BCUT2D eigenvalue weighted by Crippen LogP contribution is 2.09. The number of halogens is 1. The van der Waals surface area contributed by atoms with Crippen molar-refractivity contribution in [3.63, 3.8) is 0 Å². The summed E-state index contributed by atoms with van der Waals surface area (Å²) in [5.74, 6) is -0.442. The molecule has 0 aromatic heterocycles. The van der Waals surface area contributed by atoms with Crippen molar-refractivity contribution in [2.24, 2.45) is 0 Å². The van der Waals surface area contributed by atoms with Crippen molar-refractivity contribution in [1.82, 2.24) is 5.32 Å². The first-order valence-corrected chi connectivity index (χ1v) is 6.19. The molecule has 0 rings (SSSR count). The second kappa shape index (κ2) is 8.93. The Bertz CT molecular complexity index is 330. The van der Waals surface area contributed by atoms with E-state index in [0.29, 0.717) is 16.7 Å². The van der Waals surface area contributed by atoms with Crippen LogP contribution in [-0.2, 0) is 14.3 Å². The van der Waals surface area contributed by atoms with E-state index in [0.717, 1.165) is 6.42 Å². The van der Waals surface area contributed by atoms with Crippen LogP contribution in [0.5, 0.6) is 0 Å². The number of quaternary nitrogens is 1. The summed E-state index contributed by atoms with van der Waals surface area (Å²) in [4.78, 5) is 23.2. The van der Waals surface area contributed by atoms with Gasteiger partial charge in [0, 0.05) is 12.0 Å². The Morgan fingerprint density at radius 3 is 2.21 bits per heavy atom. The minimum Gasteiger partial charge on any atom is -1.00 e. The summed E-state index contributed by atoms with van der Waals surface area (Å²) in [7, 11) is 3.79. The van der Waals surface area contributed by atoms with Crippen molar-refractivity contribution >= 4 is 11.9 Å². The molecule has 0 heterocycles. The number of ether oxygens (including phenoxy) is 1. The maximum Gasteiger partial charge on any atom is 0.361 e. The number of likely N-dealkylation sites (N-methyl/N-ethyl adjacent to an activating group) is 1. The van der Waals surface area contributed by atoms with Gasteiger partial charge < -0.3 is 22.5 Å². The van der Waals surface area contributed by atoms with Gasteiger partial charge in [0.1, 0.15) is 0 Å². The van der Waals surface area contributed by atoms with Gasteiger partial charge in [0.05, 0.1) is 20.7 Å². The molecule has 0 bridgehead atoms. The first kappa shape index (κ1) is 20.3. The van der Waals surface area contributed by atoms with E-state index in [-0.39, 0.29) is 37.0 Å². The fourth-order valence-corrected chi connectivity index (χ4v) is 1.70. The van der Waals surface area contributed by atoms with Gasteiger partial charge >= 0.3 is 5.97 Å². The second-order valence-corrected chi connectivity index (χ2v) is 4.92. The van der Waals surface area contributed by atoms with Gasteiger partial charge in [0.15, 0.2) is 12.7 Å². The van der Waals surface area contributed by atoms with E-state index in [4.69, 9.17) is 4.74 Å². The molecule has 1 N–H and O–H groups in total. The highest BCUT2D eigenvalue weighted by molar-refractivity contribution is 5.92. The van der Waals surface area contributed by atoms with E-state index >= 15 is 0 Å². The van der Waals surface area contributed by atoms with Crippen molar-refractivity contribution in [1.29, 1.82) is 0 Å². The molecule has 0 aromatic rings. The third-order valence-electron chi connectivity index (χ3n) is 2.76. The Morgan fingerprint density at radius 1 is 1.32 bits per heavy atom. The molecule has 1 amide bonds. The Morgan fingerprint density at radius 2 is 1.84 bits per heavy atom. The molecule has 0 spiro atoms. The largest absolute Gasteiger partial charge is 1.00 e. The molecule has 0 saturated heterocycles. The van der Waals surface area contributed by atoms with Crippen molar-refractivity contribution in [2.75, 3.05) is 27.2 Å². The Kier molecular flexibility index (Phi) is 9.52. The average Bonchev–Trinajstić information content (AvgIpc) is 2.24. The summed E-state index contributed by atoms with van der Waals surface area (Å²) in [6, 6.07) is 0. The zero-order valence-corrected chi connectivity index (χ0v) is 13.2. The Hall–Kier alpha value is -1.07. The third kappa shape index (κ3) is 7.18. The summed E-state index contributed by atoms with van der Waals surface area (Å²) in [5, 5.41) is 2.88. The van der Waals surface area contributed by atoms with Gasteiger partial charge in [-0.15, -0.1) is 0 Å². The Balaban J connectivity index is 0. The lowest BCUT2D eigenvalue weighted by Crippen LogP contribution is -3.00. The van der Waals surface area contributed by atoms with Crippen LogP contribution < -0.4 is 17.7 Å². The van der Waals surface area contributed by atoms with Crippen LogP contribution >= 0.6 is 0 Å². The number of amides is 1. The van der Waals surface area contributed by atoms with Crippen LogP contribution in [0.1, 0.15) is 27.2 Å². The summed E-state index contributed by atoms with van der Waals surface area (Å²) in [6.45, 7) is 9.60. The summed E-state index contributed by atoms with van der Waals surface area (Å²) >= 11 is 0. The monoisotopic (exact) mass is 292 g/mol. The van der Waals surface area contributed by atoms with Gasteiger partial charge in [0.25, 0.3) is 5.91 Å². The molecular weight excluding hydrogens is 268 g/mol. The minimum absolute atomic E-state index is 0. The lowest BCUT2D eigenvalue weighted by atomic mass is 10.2. The normalized spacial score (nSPS) is 12.1. The number of hydrogen-bond donors (Lipinski definition) is 1. The van der Waals surface area contributed by atoms with Crippen LogP contribution in [0, 0.1) is 0 Å². The molecule has 0 radical (unpaired) electrons. The number of carbonyl (C=O) groups excluding carboxylic acids is 2. The minimum atomic E-state index is -0.259. The SMILES string of the molecule is C=C(C)C(=O)NC(CC)[N+](C)(C)CC(=O)OCC.[Cl-]. The van der Waals surface area contributed by atoms with Crippen LogP contribution in [0.4, 0.5) is 0 Å². The topological polar surface area (TPSA) is 55.4 Å². The van der Waals surface area contributed by atoms with Crippen LogP contribution in [0.2, 0.25) is 0 Å². The molecule has 6 heteroatoms. The molecule has 5 nitrogen and oxygen atoms in total. The van der Waals surface area contributed by atoms with Crippen LogP contribution in [-0.4, -0.2) is 49.8 Å². The van der Waals surface area contributed by atoms with Crippen molar-refractivity contribution < 1.29 is 31.2 Å². The number of esters is 1. The van der Waals surface area contributed by atoms with Crippen LogP contribution in [0.15, 0.2) is 12.2 Å². The quantitative estimate of drug-likeness (QED) is 0.257. The maximum atomic E-state index is 11.6. The van der Waals surface area contributed by atoms with Crippen molar-refractivity contribution in [3.8, 4) is 0 Å². The van der Waals surface area contributed by atoms with E-state index < -0.39 is 0 Å². The molecule has 0 aliphatic carbocycles. The van der Waals surface area contributed by atoms with E-state index in [1.54, 1.807) is 13.8 Å². The summed E-state index contributed by atoms with van der Waals surface area (Å²) < 4.78 is 5.30. The first-order valence-electron chi connectivity index (χ1n) is 6.19. The number of rotatable bonds is 7. The second-order valence-electron chi connectivity index (χ2n) is 4.92. The molecule has 0 aliphatic heterocycles. The predicted octanol–water partition coefficient (Wildman–Crippen LogP) is -1.94. The van der Waals surface area contributed by atoms with E-state index in [1.807, 2.05) is 21.0 Å². The van der Waals surface area contributed by atoms with Gasteiger partial charge in [-0.1, -0.05) is 13.5 Å². The Labute approximate surface area is 122 Å². The number of nitrogens with zero attached hydrogens (tertiary/aromatic N) is 1. The maximum absolute atomic E-state index is 11.6. The molecule has 0 aliphatic rings. The molecule has 19 heavy (non-hydrogen) atoms. The van der Waals surface area contributed by atoms with Gasteiger partial charge in [-0.2, -0.15) is 0 Å². The summed E-state index contributed by atoms with van der Waals surface area (Å²) in [5.41, 5.74) is 0.463. The van der Waals surface area contributed by atoms with Crippen LogP contribution in [0.3, 0.4) is 0 Å². The molecule has 0 fully saturated rings.